The van der Waals surface area contributed by atoms with Crippen molar-refractivity contribution in [3.63, 3.8) is 0 Å². The molecule has 2 aromatic rings. The monoisotopic (exact) mass is 401 g/mol. The molecule has 3 rings (SSSR count). The molecule has 28 heavy (non-hydrogen) atoms. The van der Waals surface area contributed by atoms with Gasteiger partial charge in [0, 0.05) is 39.3 Å². The zero-order valence-corrected chi connectivity index (χ0v) is 17.0. The summed E-state index contributed by atoms with van der Waals surface area (Å²) in [7, 11) is 1.64. The molecule has 1 saturated heterocycles. The summed E-state index contributed by atoms with van der Waals surface area (Å²) in [5, 5.41) is 3.92. The summed E-state index contributed by atoms with van der Waals surface area (Å²) in [5.41, 5.74) is 7.95. The van der Waals surface area contributed by atoms with Crippen LogP contribution in [0.15, 0.2) is 53.5 Å². The number of aliphatic imine (C=N–C) groups is 1. The highest BCUT2D eigenvalue weighted by Gasteiger charge is 2.18. The van der Waals surface area contributed by atoms with Gasteiger partial charge >= 0.3 is 0 Å². The van der Waals surface area contributed by atoms with Crippen molar-refractivity contribution in [2.75, 3.05) is 56.6 Å². The Hall–Kier alpha value is -2.44. The van der Waals surface area contributed by atoms with E-state index in [1.54, 1.807) is 7.11 Å². The van der Waals surface area contributed by atoms with Gasteiger partial charge in [0.15, 0.2) is 5.96 Å². The number of ether oxygens (including phenoxy) is 1. The molecule has 0 saturated carbocycles. The van der Waals surface area contributed by atoms with E-state index in [9.17, 15) is 0 Å². The van der Waals surface area contributed by atoms with Crippen LogP contribution in [0, 0.1) is 0 Å². The third-order valence-corrected chi connectivity index (χ3v) is 5.17. The Bertz CT molecular complexity index is 790. The van der Waals surface area contributed by atoms with Crippen LogP contribution in [0.5, 0.6) is 5.75 Å². The molecule has 6 nitrogen and oxygen atoms in total. The molecule has 2 aromatic carbocycles. The largest absolute Gasteiger partial charge is 0.495 e. The highest BCUT2D eigenvalue weighted by molar-refractivity contribution is 6.33. The summed E-state index contributed by atoms with van der Waals surface area (Å²) in [6.07, 6.45) is 0.973. The van der Waals surface area contributed by atoms with Gasteiger partial charge < -0.3 is 20.7 Å². The number of piperazine rings is 1. The number of para-hydroxylation sites is 3. The van der Waals surface area contributed by atoms with Crippen molar-refractivity contribution in [1.82, 2.24) is 4.90 Å². The number of nitrogens with one attached hydrogen (secondary N) is 1. The van der Waals surface area contributed by atoms with Gasteiger partial charge in [-0.2, -0.15) is 0 Å². The van der Waals surface area contributed by atoms with E-state index >= 15 is 0 Å². The molecule has 1 heterocycles. The van der Waals surface area contributed by atoms with Gasteiger partial charge in [-0.05, 0) is 30.7 Å². The minimum Gasteiger partial charge on any atom is -0.495 e. The van der Waals surface area contributed by atoms with Crippen LogP contribution in [0.1, 0.15) is 6.42 Å². The van der Waals surface area contributed by atoms with E-state index in [2.05, 4.69) is 26.2 Å². The fourth-order valence-electron chi connectivity index (χ4n) is 3.34. The van der Waals surface area contributed by atoms with Gasteiger partial charge in [0.1, 0.15) is 5.75 Å². The standard InChI is InChI=1S/C21H28ClN5O/c1-28-20-10-5-3-8-18(20)25-21(23)24-11-6-12-26-13-15-27(16-14-26)19-9-4-2-7-17(19)22/h2-5,7-10H,6,11-16H2,1H3,(H3,23,24,25). The Morgan fingerprint density at radius 3 is 2.57 bits per heavy atom. The number of methoxy groups -OCH3 is 1. The SMILES string of the molecule is COc1ccccc1NC(N)=NCCCN1CCN(c2ccccc2Cl)CC1. The summed E-state index contributed by atoms with van der Waals surface area (Å²) in [6, 6.07) is 15.7. The average molecular weight is 402 g/mol. The van der Waals surface area contributed by atoms with Crippen LogP contribution in [0.4, 0.5) is 11.4 Å². The van der Waals surface area contributed by atoms with Gasteiger partial charge in [0.2, 0.25) is 0 Å². The minimum atomic E-state index is 0.410. The molecule has 3 N–H and O–H groups in total. The minimum absolute atomic E-state index is 0.410. The summed E-state index contributed by atoms with van der Waals surface area (Å²) in [6.45, 7) is 5.75. The second-order valence-corrected chi connectivity index (χ2v) is 7.13. The van der Waals surface area contributed by atoms with E-state index in [-0.39, 0.29) is 0 Å². The van der Waals surface area contributed by atoms with Gasteiger partial charge in [-0.3, -0.25) is 9.89 Å². The maximum atomic E-state index is 6.31. The van der Waals surface area contributed by atoms with E-state index in [1.807, 2.05) is 42.5 Å². The maximum Gasteiger partial charge on any atom is 0.193 e. The first-order valence-electron chi connectivity index (χ1n) is 9.59. The van der Waals surface area contributed by atoms with Crippen molar-refractivity contribution in [1.29, 1.82) is 0 Å². The van der Waals surface area contributed by atoms with Gasteiger partial charge in [-0.15, -0.1) is 0 Å². The normalized spacial score (nSPS) is 15.5. The van der Waals surface area contributed by atoms with Crippen LogP contribution in [0.2, 0.25) is 5.02 Å². The molecule has 0 aliphatic carbocycles. The fourth-order valence-corrected chi connectivity index (χ4v) is 3.60. The van der Waals surface area contributed by atoms with Crippen LogP contribution in [-0.4, -0.2) is 57.2 Å². The molecule has 7 heteroatoms. The number of hydrogen-bond acceptors (Lipinski definition) is 4. The van der Waals surface area contributed by atoms with Gasteiger partial charge in [0.05, 0.1) is 23.5 Å². The van der Waals surface area contributed by atoms with Crippen LogP contribution in [0.25, 0.3) is 0 Å². The summed E-state index contributed by atoms with van der Waals surface area (Å²) in [4.78, 5) is 9.24. The molecule has 1 aliphatic rings. The summed E-state index contributed by atoms with van der Waals surface area (Å²) < 4.78 is 5.31. The molecule has 0 amide bonds. The van der Waals surface area contributed by atoms with E-state index < -0.39 is 0 Å². The van der Waals surface area contributed by atoms with E-state index in [0.717, 1.165) is 61.3 Å². The molecule has 0 atom stereocenters. The number of hydrogen-bond donors (Lipinski definition) is 2. The zero-order valence-electron chi connectivity index (χ0n) is 16.3. The number of nitrogens with two attached hydrogens (primary N) is 1. The number of nitrogens with zero attached hydrogens (tertiary/aromatic N) is 3. The molecular formula is C21H28ClN5O. The lowest BCUT2D eigenvalue weighted by atomic mass is 10.2. The highest BCUT2D eigenvalue weighted by Crippen LogP contribution is 2.26. The van der Waals surface area contributed by atoms with Gasteiger partial charge in [-0.25, -0.2) is 0 Å². The first-order chi connectivity index (χ1) is 13.7. The third kappa shape index (κ3) is 5.53. The molecular weight excluding hydrogens is 374 g/mol. The van der Waals surface area contributed by atoms with Crippen molar-refractivity contribution in [2.24, 2.45) is 10.7 Å². The fraction of sp³-hybridized carbons (Fsp3) is 0.381. The summed E-state index contributed by atoms with van der Waals surface area (Å²) in [5.74, 6) is 1.16. The predicted molar refractivity (Wildman–Crippen MR) is 118 cm³/mol. The lowest BCUT2D eigenvalue weighted by Gasteiger charge is -2.36. The van der Waals surface area contributed by atoms with Crippen LogP contribution in [0.3, 0.4) is 0 Å². The Kier molecular flexibility index (Phi) is 7.39. The van der Waals surface area contributed by atoms with E-state index in [0.29, 0.717) is 12.5 Å². The molecule has 0 radical (unpaired) electrons. The predicted octanol–water partition coefficient (Wildman–Crippen LogP) is 3.29. The number of benzene rings is 2. The van der Waals surface area contributed by atoms with Crippen molar-refractivity contribution in [3.05, 3.63) is 53.6 Å². The topological polar surface area (TPSA) is 66.1 Å². The second kappa shape index (κ2) is 10.2. The number of guanidine groups is 1. The van der Waals surface area contributed by atoms with Crippen molar-refractivity contribution >= 4 is 28.9 Å². The van der Waals surface area contributed by atoms with Crippen LogP contribution < -0.4 is 20.7 Å². The number of rotatable bonds is 7. The van der Waals surface area contributed by atoms with Crippen molar-refractivity contribution in [3.8, 4) is 5.75 Å². The van der Waals surface area contributed by atoms with Gasteiger partial charge in [0.25, 0.3) is 0 Å². The Morgan fingerprint density at radius 2 is 1.82 bits per heavy atom. The Morgan fingerprint density at radius 1 is 1.11 bits per heavy atom. The Labute approximate surface area is 171 Å². The zero-order chi connectivity index (χ0) is 19.8. The third-order valence-electron chi connectivity index (χ3n) is 4.85. The lowest BCUT2D eigenvalue weighted by Crippen LogP contribution is -2.46. The molecule has 0 unspecified atom stereocenters. The van der Waals surface area contributed by atoms with Crippen LogP contribution in [-0.2, 0) is 0 Å². The van der Waals surface area contributed by atoms with Crippen molar-refractivity contribution in [2.45, 2.75) is 6.42 Å². The highest BCUT2D eigenvalue weighted by atomic mass is 35.5. The van der Waals surface area contributed by atoms with E-state index in [4.69, 9.17) is 22.1 Å². The number of halogens is 1. The second-order valence-electron chi connectivity index (χ2n) is 6.73. The lowest BCUT2D eigenvalue weighted by molar-refractivity contribution is 0.256. The molecule has 0 aromatic heterocycles. The van der Waals surface area contributed by atoms with Crippen molar-refractivity contribution < 1.29 is 4.74 Å². The molecule has 0 bridgehead atoms. The quantitative estimate of drug-likeness (QED) is 0.423. The first-order valence-corrected chi connectivity index (χ1v) is 9.97. The molecule has 150 valence electrons. The van der Waals surface area contributed by atoms with Gasteiger partial charge in [-0.1, -0.05) is 35.9 Å². The number of anilines is 2. The van der Waals surface area contributed by atoms with Crippen LogP contribution >= 0.6 is 11.6 Å². The maximum absolute atomic E-state index is 6.31. The molecule has 1 aliphatic heterocycles. The first kappa shape index (κ1) is 20.3. The summed E-state index contributed by atoms with van der Waals surface area (Å²) >= 11 is 6.31. The molecule has 1 fully saturated rings. The Balaban J connectivity index is 1.39. The molecule has 0 spiro atoms. The average Bonchev–Trinajstić information content (AvgIpc) is 2.72. The smallest absolute Gasteiger partial charge is 0.193 e. The van der Waals surface area contributed by atoms with E-state index in [1.165, 1.54) is 0 Å².